The first kappa shape index (κ1) is 13.7. The Hall–Kier alpha value is -1.73. The SMILES string of the molecule is CN(C(=O)c1sc2nnccc2c1N)C(C)(C)CO. The predicted octanol–water partition coefficient (Wildman–Crippen LogP) is 1.12. The van der Waals surface area contributed by atoms with Crippen molar-refractivity contribution in [3.8, 4) is 0 Å². The number of nitrogens with two attached hydrogens (primary N) is 1. The standard InChI is InChI=1S/C12H16N4O2S/c1-12(2,6-17)16(3)11(18)9-8(13)7-4-5-14-15-10(7)19-9/h4-5,17H,6,13H2,1-3H3. The van der Waals surface area contributed by atoms with Crippen LogP contribution in [0.15, 0.2) is 12.3 Å². The summed E-state index contributed by atoms with van der Waals surface area (Å²) in [6, 6.07) is 1.74. The third-order valence-corrected chi connectivity index (χ3v) is 4.31. The molecule has 0 aromatic carbocycles. The third-order valence-electron chi connectivity index (χ3n) is 3.21. The van der Waals surface area contributed by atoms with Crippen molar-refractivity contribution in [2.24, 2.45) is 0 Å². The van der Waals surface area contributed by atoms with Crippen LogP contribution in [-0.4, -0.2) is 45.3 Å². The fraction of sp³-hybridized carbons (Fsp3) is 0.417. The largest absolute Gasteiger partial charge is 0.397 e. The number of likely N-dealkylation sites (N-methyl/N-ethyl adjacent to an activating group) is 1. The van der Waals surface area contributed by atoms with Gasteiger partial charge in [0.1, 0.15) is 9.71 Å². The Bertz CT molecular complexity index is 623. The first-order chi connectivity index (χ1) is 8.88. The van der Waals surface area contributed by atoms with Gasteiger partial charge in [-0.05, 0) is 19.9 Å². The zero-order chi connectivity index (χ0) is 14.2. The second-order valence-electron chi connectivity index (χ2n) is 4.93. The molecule has 3 N–H and O–H groups in total. The van der Waals surface area contributed by atoms with Crippen LogP contribution in [0.25, 0.3) is 10.2 Å². The molecule has 2 heterocycles. The van der Waals surface area contributed by atoms with Crippen molar-refractivity contribution < 1.29 is 9.90 Å². The number of thiophene rings is 1. The Balaban J connectivity index is 2.45. The van der Waals surface area contributed by atoms with Gasteiger partial charge in [-0.25, -0.2) is 0 Å². The molecular weight excluding hydrogens is 264 g/mol. The average Bonchev–Trinajstić information content (AvgIpc) is 2.75. The van der Waals surface area contributed by atoms with Crippen LogP contribution in [-0.2, 0) is 0 Å². The molecule has 0 bridgehead atoms. The first-order valence-corrected chi connectivity index (χ1v) is 6.59. The number of aromatic nitrogens is 2. The molecule has 7 heteroatoms. The molecule has 0 aliphatic heterocycles. The molecule has 102 valence electrons. The summed E-state index contributed by atoms with van der Waals surface area (Å²) in [4.78, 5) is 15.0. The second kappa shape index (κ2) is 4.75. The van der Waals surface area contributed by atoms with Gasteiger partial charge in [-0.1, -0.05) is 0 Å². The van der Waals surface area contributed by atoms with E-state index in [9.17, 15) is 9.90 Å². The fourth-order valence-corrected chi connectivity index (χ4v) is 2.58. The Morgan fingerprint density at radius 3 is 2.84 bits per heavy atom. The predicted molar refractivity (Wildman–Crippen MR) is 75.1 cm³/mol. The maximum absolute atomic E-state index is 12.4. The molecule has 2 aromatic rings. The molecule has 0 radical (unpaired) electrons. The number of rotatable bonds is 3. The molecule has 19 heavy (non-hydrogen) atoms. The highest BCUT2D eigenvalue weighted by atomic mass is 32.1. The summed E-state index contributed by atoms with van der Waals surface area (Å²) in [5.41, 5.74) is 5.76. The van der Waals surface area contributed by atoms with Gasteiger partial charge in [-0.3, -0.25) is 4.79 Å². The van der Waals surface area contributed by atoms with E-state index in [2.05, 4.69) is 10.2 Å². The van der Waals surface area contributed by atoms with Crippen molar-refractivity contribution in [2.75, 3.05) is 19.4 Å². The lowest BCUT2D eigenvalue weighted by Gasteiger charge is -2.33. The number of nitrogens with zero attached hydrogens (tertiary/aromatic N) is 3. The van der Waals surface area contributed by atoms with Crippen molar-refractivity contribution >= 4 is 33.1 Å². The van der Waals surface area contributed by atoms with Crippen LogP contribution in [0.5, 0.6) is 0 Å². The molecule has 2 rings (SSSR count). The summed E-state index contributed by atoms with van der Waals surface area (Å²) in [5, 5.41) is 17.8. The number of aliphatic hydroxyl groups excluding tert-OH is 1. The average molecular weight is 280 g/mol. The number of aliphatic hydroxyl groups is 1. The number of carbonyl (C=O) groups is 1. The van der Waals surface area contributed by atoms with E-state index >= 15 is 0 Å². The monoisotopic (exact) mass is 280 g/mol. The number of amides is 1. The molecule has 0 aliphatic rings. The summed E-state index contributed by atoms with van der Waals surface area (Å²) < 4.78 is 0. The van der Waals surface area contributed by atoms with Gasteiger partial charge in [0.05, 0.1) is 24.0 Å². The highest BCUT2D eigenvalue weighted by Gasteiger charge is 2.30. The Kier molecular flexibility index (Phi) is 3.42. The molecule has 0 unspecified atom stereocenters. The van der Waals surface area contributed by atoms with E-state index in [1.807, 2.05) is 0 Å². The van der Waals surface area contributed by atoms with Crippen molar-refractivity contribution in [2.45, 2.75) is 19.4 Å². The van der Waals surface area contributed by atoms with Crippen LogP contribution in [0.3, 0.4) is 0 Å². The van der Waals surface area contributed by atoms with Gasteiger partial charge >= 0.3 is 0 Å². The maximum atomic E-state index is 12.4. The minimum absolute atomic E-state index is 0.125. The Morgan fingerprint density at radius 1 is 1.58 bits per heavy atom. The van der Waals surface area contributed by atoms with Crippen molar-refractivity contribution in [3.05, 3.63) is 17.1 Å². The summed E-state index contributed by atoms with van der Waals surface area (Å²) in [6.07, 6.45) is 1.54. The molecule has 0 aliphatic carbocycles. The second-order valence-corrected chi connectivity index (χ2v) is 5.93. The van der Waals surface area contributed by atoms with Gasteiger partial charge < -0.3 is 15.7 Å². The van der Waals surface area contributed by atoms with Crippen LogP contribution in [0.2, 0.25) is 0 Å². The highest BCUT2D eigenvalue weighted by molar-refractivity contribution is 7.21. The van der Waals surface area contributed by atoms with Gasteiger partial charge in [0.15, 0.2) is 0 Å². The number of fused-ring (bicyclic) bond motifs is 1. The Morgan fingerprint density at radius 2 is 2.26 bits per heavy atom. The van der Waals surface area contributed by atoms with E-state index in [0.29, 0.717) is 15.4 Å². The molecule has 0 fully saturated rings. The smallest absolute Gasteiger partial charge is 0.266 e. The lowest BCUT2D eigenvalue weighted by atomic mass is 10.0. The van der Waals surface area contributed by atoms with Crippen molar-refractivity contribution in [3.63, 3.8) is 0 Å². The molecule has 2 aromatic heterocycles. The number of nitrogen functional groups attached to an aromatic ring is 1. The van der Waals surface area contributed by atoms with E-state index in [0.717, 1.165) is 5.39 Å². The minimum Gasteiger partial charge on any atom is -0.397 e. The van der Waals surface area contributed by atoms with Gasteiger partial charge in [0, 0.05) is 12.4 Å². The Labute approximate surface area is 114 Å². The third kappa shape index (κ3) is 2.26. The van der Waals surface area contributed by atoms with Crippen molar-refractivity contribution in [1.29, 1.82) is 0 Å². The van der Waals surface area contributed by atoms with Crippen LogP contribution in [0.4, 0.5) is 5.69 Å². The molecule has 6 nitrogen and oxygen atoms in total. The van der Waals surface area contributed by atoms with Gasteiger partial charge in [0.25, 0.3) is 5.91 Å². The molecule has 0 saturated heterocycles. The van der Waals surface area contributed by atoms with Gasteiger partial charge in [-0.2, -0.15) is 5.10 Å². The van der Waals surface area contributed by atoms with Crippen LogP contribution in [0.1, 0.15) is 23.5 Å². The topological polar surface area (TPSA) is 92.3 Å². The first-order valence-electron chi connectivity index (χ1n) is 5.77. The number of hydrogen-bond donors (Lipinski definition) is 2. The lowest BCUT2D eigenvalue weighted by Crippen LogP contribution is -2.47. The van der Waals surface area contributed by atoms with Crippen LogP contribution < -0.4 is 5.73 Å². The van der Waals surface area contributed by atoms with Crippen LogP contribution in [0, 0.1) is 0 Å². The zero-order valence-electron chi connectivity index (χ0n) is 11.0. The van der Waals surface area contributed by atoms with E-state index in [1.165, 1.54) is 16.2 Å². The van der Waals surface area contributed by atoms with E-state index in [4.69, 9.17) is 5.73 Å². The number of hydrogen-bond acceptors (Lipinski definition) is 6. The normalized spacial score (nSPS) is 11.8. The van der Waals surface area contributed by atoms with E-state index < -0.39 is 5.54 Å². The molecular formula is C12H16N4O2S. The van der Waals surface area contributed by atoms with E-state index in [1.54, 1.807) is 33.2 Å². The highest BCUT2D eigenvalue weighted by Crippen LogP contribution is 2.33. The van der Waals surface area contributed by atoms with Gasteiger partial charge in [-0.15, -0.1) is 16.4 Å². The fourth-order valence-electron chi connectivity index (χ4n) is 1.57. The summed E-state index contributed by atoms with van der Waals surface area (Å²) in [5.74, 6) is -0.223. The lowest BCUT2D eigenvalue weighted by molar-refractivity contribution is 0.0479. The molecule has 1 amide bonds. The summed E-state index contributed by atoms with van der Waals surface area (Å²) in [7, 11) is 1.65. The quantitative estimate of drug-likeness (QED) is 0.878. The number of carbonyl (C=O) groups excluding carboxylic acids is 1. The zero-order valence-corrected chi connectivity index (χ0v) is 11.9. The van der Waals surface area contributed by atoms with Crippen molar-refractivity contribution in [1.82, 2.24) is 15.1 Å². The molecule has 0 atom stereocenters. The molecule has 0 spiro atoms. The van der Waals surface area contributed by atoms with Crippen LogP contribution >= 0.6 is 11.3 Å². The molecule has 0 saturated carbocycles. The minimum atomic E-state index is -0.647. The number of anilines is 1. The maximum Gasteiger partial charge on any atom is 0.266 e. The summed E-state index contributed by atoms with van der Waals surface area (Å²) in [6.45, 7) is 3.45. The summed E-state index contributed by atoms with van der Waals surface area (Å²) >= 11 is 1.22. The van der Waals surface area contributed by atoms with Gasteiger partial charge in [0.2, 0.25) is 0 Å². The van der Waals surface area contributed by atoms with E-state index in [-0.39, 0.29) is 12.5 Å².